The van der Waals surface area contributed by atoms with Crippen molar-refractivity contribution in [3.05, 3.63) is 64.7 Å². The highest BCUT2D eigenvalue weighted by Crippen LogP contribution is 2.33. The number of rotatable bonds is 4. The number of thiophene rings is 1. The number of amides is 1. The number of sulfonamides is 1. The Kier molecular flexibility index (Phi) is 5.55. The molecular formula is C21H18ClN3O3S2. The van der Waals surface area contributed by atoms with Crippen molar-refractivity contribution in [3.8, 4) is 6.07 Å². The maximum atomic E-state index is 13.2. The zero-order chi connectivity index (χ0) is 21.5. The second kappa shape index (κ2) is 8.00. The van der Waals surface area contributed by atoms with Crippen LogP contribution in [0.2, 0.25) is 5.02 Å². The van der Waals surface area contributed by atoms with Crippen LogP contribution in [0.3, 0.4) is 0 Å². The summed E-state index contributed by atoms with van der Waals surface area (Å²) in [5.74, 6) is -0.245. The number of piperazine rings is 1. The average Bonchev–Trinajstić information content (AvgIpc) is 3.15. The van der Waals surface area contributed by atoms with Crippen molar-refractivity contribution in [2.24, 2.45) is 0 Å². The van der Waals surface area contributed by atoms with Gasteiger partial charge in [-0.1, -0.05) is 29.8 Å². The van der Waals surface area contributed by atoms with Gasteiger partial charge in [0.05, 0.1) is 18.2 Å². The summed E-state index contributed by atoms with van der Waals surface area (Å²) in [6, 6.07) is 15.7. The molecule has 0 aliphatic carbocycles. The molecule has 30 heavy (non-hydrogen) atoms. The minimum atomic E-state index is -3.78. The molecule has 0 spiro atoms. The first-order chi connectivity index (χ1) is 14.3. The quantitative estimate of drug-likeness (QED) is 0.593. The first kappa shape index (κ1) is 20.8. The van der Waals surface area contributed by atoms with E-state index in [0.717, 1.165) is 27.0 Å². The Morgan fingerprint density at radius 2 is 1.93 bits per heavy atom. The Labute approximate surface area is 183 Å². The monoisotopic (exact) mass is 459 g/mol. The number of carbonyl (C=O) groups excluding carboxylic acids is 1. The van der Waals surface area contributed by atoms with Crippen molar-refractivity contribution in [3.63, 3.8) is 0 Å². The van der Waals surface area contributed by atoms with E-state index in [1.165, 1.54) is 4.31 Å². The normalized spacial score (nSPS) is 18.0. The molecule has 3 aromatic rings. The number of nitriles is 1. The fourth-order valence-electron chi connectivity index (χ4n) is 3.49. The summed E-state index contributed by atoms with van der Waals surface area (Å²) in [7, 11) is -3.78. The Morgan fingerprint density at radius 1 is 1.20 bits per heavy atom. The van der Waals surface area contributed by atoms with E-state index in [1.54, 1.807) is 41.3 Å². The second-order valence-electron chi connectivity index (χ2n) is 7.22. The van der Waals surface area contributed by atoms with Gasteiger partial charge in [-0.2, -0.15) is 9.57 Å². The summed E-state index contributed by atoms with van der Waals surface area (Å²) in [6.07, 6.45) is 0. The number of benzene rings is 2. The van der Waals surface area contributed by atoms with E-state index >= 15 is 0 Å². The standard InChI is InChI=1S/C21H18ClN3O3S2/c1-14-11-24(13-20(26)25(14)12-16-4-2-15(10-23)3-5-16)30(27,28)21-8-17-6-7-18(22)9-19(17)29-21/h2-9,14H,11-13H2,1H3. The molecule has 6 nitrogen and oxygen atoms in total. The zero-order valence-corrected chi connectivity index (χ0v) is 18.5. The lowest BCUT2D eigenvalue weighted by molar-refractivity contribution is -0.137. The van der Waals surface area contributed by atoms with Gasteiger partial charge in [0.25, 0.3) is 10.0 Å². The highest BCUT2D eigenvalue weighted by molar-refractivity contribution is 7.91. The van der Waals surface area contributed by atoms with Gasteiger partial charge < -0.3 is 4.90 Å². The first-order valence-electron chi connectivity index (χ1n) is 9.25. The molecule has 1 aromatic heterocycles. The van der Waals surface area contributed by atoms with Gasteiger partial charge in [-0.25, -0.2) is 8.42 Å². The molecule has 154 valence electrons. The van der Waals surface area contributed by atoms with Crippen molar-refractivity contribution >= 4 is 49.0 Å². The Bertz CT molecular complexity index is 1260. The average molecular weight is 460 g/mol. The Morgan fingerprint density at radius 3 is 2.60 bits per heavy atom. The van der Waals surface area contributed by atoms with Crippen LogP contribution >= 0.6 is 22.9 Å². The van der Waals surface area contributed by atoms with Crippen LogP contribution in [0.5, 0.6) is 0 Å². The summed E-state index contributed by atoms with van der Waals surface area (Å²) in [6.45, 7) is 2.24. The van der Waals surface area contributed by atoms with Crippen LogP contribution in [0.1, 0.15) is 18.1 Å². The number of hydrogen-bond donors (Lipinski definition) is 0. The van der Waals surface area contributed by atoms with Gasteiger partial charge in [0.15, 0.2) is 0 Å². The molecule has 1 saturated heterocycles. The van der Waals surface area contributed by atoms with Crippen molar-refractivity contribution in [2.75, 3.05) is 13.1 Å². The molecule has 1 fully saturated rings. The minimum Gasteiger partial charge on any atom is -0.333 e. The third kappa shape index (κ3) is 3.94. The number of hydrogen-bond acceptors (Lipinski definition) is 5. The maximum absolute atomic E-state index is 13.2. The Balaban J connectivity index is 1.53. The predicted octanol–water partition coefficient (Wildman–Crippen LogP) is 3.85. The zero-order valence-electron chi connectivity index (χ0n) is 16.1. The molecule has 1 atom stereocenters. The molecule has 9 heteroatoms. The topological polar surface area (TPSA) is 81.5 Å². The second-order valence-corrected chi connectivity index (χ2v) is 10.9. The van der Waals surface area contributed by atoms with Crippen LogP contribution in [0.25, 0.3) is 10.1 Å². The van der Waals surface area contributed by atoms with Crippen molar-refractivity contribution in [1.29, 1.82) is 5.26 Å². The fraction of sp³-hybridized carbons (Fsp3) is 0.238. The smallest absolute Gasteiger partial charge is 0.253 e. The maximum Gasteiger partial charge on any atom is 0.253 e. The van der Waals surface area contributed by atoms with E-state index in [-0.39, 0.29) is 29.2 Å². The van der Waals surface area contributed by atoms with Crippen LogP contribution in [-0.4, -0.2) is 42.7 Å². The predicted molar refractivity (Wildman–Crippen MR) is 117 cm³/mol. The lowest BCUT2D eigenvalue weighted by atomic mass is 10.1. The molecular weight excluding hydrogens is 442 g/mol. The van der Waals surface area contributed by atoms with Crippen LogP contribution in [-0.2, 0) is 21.4 Å². The molecule has 1 unspecified atom stereocenters. The molecule has 2 aromatic carbocycles. The molecule has 1 aliphatic heterocycles. The van der Waals surface area contributed by atoms with E-state index in [4.69, 9.17) is 16.9 Å². The van der Waals surface area contributed by atoms with E-state index in [9.17, 15) is 13.2 Å². The third-order valence-corrected chi connectivity index (χ3v) is 8.72. The molecule has 0 radical (unpaired) electrons. The molecule has 4 rings (SSSR count). The molecule has 0 saturated carbocycles. The van der Waals surface area contributed by atoms with Gasteiger partial charge in [0, 0.05) is 28.9 Å². The van der Waals surface area contributed by atoms with Gasteiger partial charge >= 0.3 is 0 Å². The summed E-state index contributed by atoms with van der Waals surface area (Å²) < 4.78 is 28.6. The largest absolute Gasteiger partial charge is 0.333 e. The molecule has 2 heterocycles. The Hall–Kier alpha value is -2.44. The van der Waals surface area contributed by atoms with E-state index < -0.39 is 10.0 Å². The number of carbonyl (C=O) groups is 1. The van der Waals surface area contributed by atoms with Crippen LogP contribution in [0, 0.1) is 11.3 Å². The SMILES string of the molecule is CC1CN(S(=O)(=O)c2cc3ccc(Cl)cc3s2)CC(=O)N1Cc1ccc(C#N)cc1. The lowest BCUT2D eigenvalue weighted by Crippen LogP contribution is -2.56. The van der Waals surface area contributed by atoms with Crippen LogP contribution in [0.15, 0.2) is 52.7 Å². The highest BCUT2D eigenvalue weighted by Gasteiger charge is 2.37. The van der Waals surface area contributed by atoms with Crippen LogP contribution in [0.4, 0.5) is 0 Å². The summed E-state index contributed by atoms with van der Waals surface area (Å²) in [5.41, 5.74) is 1.45. The molecule has 0 N–H and O–H groups in total. The van der Waals surface area contributed by atoms with Crippen LogP contribution < -0.4 is 0 Å². The lowest BCUT2D eigenvalue weighted by Gasteiger charge is -2.38. The van der Waals surface area contributed by atoms with E-state index in [2.05, 4.69) is 6.07 Å². The van der Waals surface area contributed by atoms with Gasteiger partial charge in [0.2, 0.25) is 5.91 Å². The minimum absolute atomic E-state index is 0.196. The van der Waals surface area contributed by atoms with Crippen molar-refractivity contribution in [2.45, 2.75) is 23.7 Å². The number of halogens is 1. The van der Waals surface area contributed by atoms with Gasteiger partial charge in [-0.15, -0.1) is 11.3 Å². The van der Waals surface area contributed by atoms with Crippen molar-refractivity contribution < 1.29 is 13.2 Å². The summed E-state index contributed by atoms with van der Waals surface area (Å²) in [4.78, 5) is 14.5. The molecule has 1 amide bonds. The van der Waals surface area contributed by atoms with E-state index in [1.807, 2.05) is 19.1 Å². The first-order valence-corrected chi connectivity index (χ1v) is 11.9. The fourth-order valence-corrected chi connectivity index (χ4v) is 6.79. The summed E-state index contributed by atoms with van der Waals surface area (Å²) in [5, 5.41) is 10.3. The van der Waals surface area contributed by atoms with Gasteiger partial charge in [-0.05, 0) is 48.2 Å². The number of nitrogens with zero attached hydrogens (tertiary/aromatic N) is 3. The summed E-state index contributed by atoms with van der Waals surface area (Å²) >= 11 is 7.17. The van der Waals surface area contributed by atoms with Gasteiger partial charge in [0.1, 0.15) is 4.21 Å². The third-order valence-electron chi connectivity index (χ3n) is 5.12. The molecule has 0 bridgehead atoms. The van der Waals surface area contributed by atoms with E-state index in [0.29, 0.717) is 17.1 Å². The number of fused-ring (bicyclic) bond motifs is 1. The molecule has 1 aliphatic rings. The van der Waals surface area contributed by atoms with Gasteiger partial charge in [-0.3, -0.25) is 4.79 Å². The highest BCUT2D eigenvalue weighted by atomic mass is 35.5. The van der Waals surface area contributed by atoms with Crippen molar-refractivity contribution in [1.82, 2.24) is 9.21 Å².